The van der Waals surface area contributed by atoms with Crippen LogP contribution in [-0.2, 0) is 31.5 Å². The van der Waals surface area contributed by atoms with Crippen LogP contribution >= 0.6 is 0 Å². The Kier molecular flexibility index (Phi) is 7.29. The van der Waals surface area contributed by atoms with Crippen molar-refractivity contribution in [1.29, 1.82) is 0 Å². The quantitative estimate of drug-likeness (QED) is 0.590. The van der Waals surface area contributed by atoms with Crippen LogP contribution in [0.2, 0.25) is 0 Å². The van der Waals surface area contributed by atoms with Gasteiger partial charge in [-0.2, -0.15) is 13.2 Å². The summed E-state index contributed by atoms with van der Waals surface area (Å²) in [6.45, 7) is -0.104. The number of nitrogens with one attached hydrogen (secondary N) is 1. The maximum absolute atomic E-state index is 12.2. The normalized spacial score (nSPS) is 12.3. The van der Waals surface area contributed by atoms with Crippen molar-refractivity contribution >= 4 is 5.96 Å². The molecule has 0 radical (unpaired) electrons. The molecule has 0 atom stereocenters. The largest absolute Gasteiger partial charge is 0.411 e. The topological polar surface area (TPSA) is 41.8 Å². The maximum Gasteiger partial charge on any atom is 0.411 e. The first kappa shape index (κ1) is 20.8. The van der Waals surface area contributed by atoms with E-state index in [4.69, 9.17) is 4.74 Å². The Morgan fingerprint density at radius 2 is 1.96 bits per heavy atom. The standard InChI is InChI=1S/C19H25F3N4O/c1-23-18(26(3)12-17-8-5-9-25(17)2)24-11-15-6-4-7-16(10-15)13-27-14-19(20,21)22/h4-10H,11-14H2,1-3H3,(H,23,24). The van der Waals surface area contributed by atoms with Gasteiger partial charge in [0.05, 0.1) is 13.2 Å². The van der Waals surface area contributed by atoms with Crippen molar-refractivity contribution in [2.45, 2.75) is 25.9 Å². The summed E-state index contributed by atoms with van der Waals surface area (Å²) in [6, 6.07) is 11.3. The molecule has 0 bridgehead atoms. The fourth-order valence-corrected chi connectivity index (χ4v) is 2.66. The number of aryl methyl sites for hydroxylation is 1. The number of hydrogen-bond donors (Lipinski definition) is 1. The van der Waals surface area contributed by atoms with Gasteiger partial charge in [-0.05, 0) is 23.3 Å². The van der Waals surface area contributed by atoms with E-state index >= 15 is 0 Å². The number of hydrogen-bond acceptors (Lipinski definition) is 2. The van der Waals surface area contributed by atoms with Crippen molar-refractivity contribution in [3.63, 3.8) is 0 Å². The molecule has 0 amide bonds. The summed E-state index contributed by atoms with van der Waals surface area (Å²) in [5, 5.41) is 3.27. The first-order valence-corrected chi connectivity index (χ1v) is 8.53. The molecule has 0 fully saturated rings. The number of nitrogens with zero attached hydrogens (tertiary/aromatic N) is 3. The zero-order chi connectivity index (χ0) is 19.9. The Morgan fingerprint density at radius 1 is 1.22 bits per heavy atom. The summed E-state index contributed by atoms with van der Waals surface area (Å²) in [5.74, 6) is 0.731. The van der Waals surface area contributed by atoms with E-state index in [9.17, 15) is 13.2 Å². The Balaban J connectivity index is 1.88. The molecule has 1 N–H and O–H groups in total. The van der Waals surface area contributed by atoms with Gasteiger partial charge in [-0.25, -0.2) is 0 Å². The first-order chi connectivity index (χ1) is 12.8. The highest BCUT2D eigenvalue weighted by molar-refractivity contribution is 5.79. The molecule has 5 nitrogen and oxygen atoms in total. The van der Waals surface area contributed by atoms with E-state index in [1.165, 1.54) is 0 Å². The molecule has 0 spiro atoms. The minimum atomic E-state index is -4.31. The number of ether oxygens (including phenoxy) is 1. The first-order valence-electron chi connectivity index (χ1n) is 8.53. The van der Waals surface area contributed by atoms with E-state index in [-0.39, 0.29) is 6.61 Å². The minimum Gasteiger partial charge on any atom is -0.367 e. The molecule has 2 aromatic rings. The average Bonchev–Trinajstić information content (AvgIpc) is 2.99. The highest BCUT2D eigenvalue weighted by atomic mass is 19.4. The molecular weight excluding hydrogens is 357 g/mol. The summed E-state index contributed by atoms with van der Waals surface area (Å²) < 4.78 is 43.3. The molecular formula is C19H25F3N4O. The Bertz CT molecular complexity index is 755. The molecule has 1 aromatic carbocycles. The highest BCUT2D eigenvalue weighted by Gasteiger charge is 2.27. The van der Waals surface area contributed by atoms with E-state index < -0.39 is 12.8 Å². The van der Waals surface area contributed by atoms with Gasteiger partial charge in [-0.1, -0.05) is 24.3 Å². The number of benzene rings is 1. The number of aromatic nitrogens is 1. The number of aliphatic imine (C=N–C) groups is 1. The molecule has 0 aliphatic rings. The summed E-state index contributed by atoms with van der Waals surface area (Å²) in [7, 11) is 5.65. The van der Waals surface area contributed by atoms with Crippen LogP contribution in [0.15, 0.2) is 47.6 Å². The predicted octanol–water partition coefficient (Wildman–Crippen LogP) is 3.31. The van der Waals surface area contributed by atoms with Crippen molar-refractivity contribution in [1.82, 2.24) is 14.8 Å². The van der Waals surface area contributed by atoms with Crippen LogP contribution in [0, 0.1) is 0 Å². The Morgan fingerprint density at radius 3 is 2.59 bits per heavy atom. The number of alkyl halides is 3. The van der Waals surface area contributed by atoms with Crippen LogP contribution < -0.4 is 5.32 Å². The molecule has 1 aromatic heterocycles. The molecule has 0 saturated carbocycles. The van der Waals surface area contributed by atoms with E-state index in [1.54, 1.807) is 19.2 Å². The van der Waals surface area contributed by atoms with Gasteiger partial charge in [-0.15, -0.1) is 0 Å². The van der Waals surface area contributed by atoms with Gasteiger partial charge in [0.15, 0.2) is 5.96 Å². The smallest absolute Gasteiger partial charge is 0.367 e. The van der Waals surface area contributed by atoms with Gasteiger partial charge in [-0.3, -0.25) is 4.99 Å². The average molecular weight is 382 g/mol. The van der Waals surface area contributed by atoms with Crippen molar-refractivity contribution in [3.8, 4) is 0 Å². The van der Waals surface area contributed by atoms with Crippen LogP contribution in [0.5, 0.6) is 0 Å². The maximum atomic E-state index is 12.2. The van der Waals surface area contributed by atoms with Gasteiger partial charge in [0.25, 0.3) is 0 Å². The van der Waals surface area contributed by atoms with Crippen molar-refractivity contribution < 1.29 is 17.9 Å². The van der Waals surface area contributed by atoms with Crippen LogP contribution in [0.4, 0.5) is 13.2 Å². The fraction of sp³-hybridized carbons (Fsp3) is 0.421. The van der Waals surface area contributed by atoms with E-state index in [2.05, 4.69) is 10.3 Å². The number of halogens is 3. The molecule has 0 unspecified atom stereocenters. The predicted molar refractivity (Wildman–Crippen MR) is 99.2 cm³/mol. The lowest BCUT2D eigenvalue weighted by molar-refractivity contribution is -0.176. The monoisotopic (exact) mass is 382 g/mol. The lowest BCUT2D eigenvalue weighted by Crippen LogP contribution is -2.38. The third kappa shape index (κ3) is 6.97. The zero-order valence-electron chi connectivity index (χ0n) is 15.8. The van der Waals surface area contributed by atoms with Gasteiger partial charge in [0.2, 0.25) is 0 Å². The summed E-state index contributed by atoms with van der Waals surface area (Å²) >= 11 is 0. The third-order valence-electron chi connectivity index (χ3n) is 4.00. The molecule has 0 aliphatic carbocycles. The second-order valence-electron chi connectivity index (χ2n) is 6.30. The lowest BCUT2D eigenvalue weighted by atomic mass is 10.1. The Hall–Kier alpha value is -2.48. The molecule has 148 valence electrons. The van der Waals surface area contributed by atoms with E-state index in [0.717, 1.165) is 17.2 Å². The van der Waals surface area contributed by atoms with Crippen molar-refractivity contribution in [3.05, 3.63) is 59.4 Å². The summed E-state index contributed by atoms with van der Waals surface area (Å²) in [4.78, 5) is 6.29. The molecule has 1 heterocycles. The van der Waals surface area contributed by atoms with E-state index in [0.29, 0.717) is 18.7 Å². The van der Waals surface area contributed by atoms with Gasteiger partial charge < -0.3 is 19.5 Å². The van der Waals surface area contributed by atoms with Crippen molar-refractivity contribution in [2.24, 2.45) is 12.0 Å². The van der Waals surface area contributed by atoms with Crippen LogP contribution in [0.25, 0.3) is 0 Å². The van der Waals surface area contributed by atoms with Crippen molar-refractivity contribution in [2.75, 3.05) is 20.7 Å². The molecule has 27 heavy (non-hydrogen) atoms. The second kappa shape index (κ2) is 9.45. The number of rotatable bonds is 7. The summed E-state index contributed by atoms with van der Waals surface area (Å²) in [6.07, 6.45) is -2.32. The van der Waals surface area contributed by atoms with Gasteiger partial charge in [0.1, 0.15) is 6.61 Å². The zero-order valence-corrected chi connectivity index (χ0v) is 15.8. The second-order valence-corrected chi connectivity index (χ2v) is 6.30. The molecule has 8 heteroatoms. The molecule has 0 aliphatic heterocycles. The minimum absolute atomic E-state index is 0.0739. The van der Waals surface area contributed by atoms with E-state index in [1.807, 2.05) is 54.0 Å². The number of guanidine groups is 1. The van der Waals surface area contributed by atoms with Crippen LogP contribution in [0.1, 0.15) is 16.8 Å². The van der Waals surface area contributed by atoms with Gasteiger partial charge in [0, 0.05) is 39.6 Å². The molecule has 2 rings (SSSR count). The highest BCUT2D eigenvalue weighted by Crippen LogP contribution is 2.16. The van der Waals surface area contributed by atoms with Gasteiger partial charge >= 0.3 is 6.18 Å². The fourth-order valence-electron chi connectivity index (χ4n) is 2.66. The lowest BCUT2D eigenvalue weighted by Gasteiger charge is -2.22. The van der Waals surface area contributed by atoms with Crippen LogP contribution in [0.3, 0.4) is 0 Å². The molecule has 0 saturated heterocycles. The third-order valence-corrected chi connectivity index (χ3v) is 4.00. The summed E-state index contributed by atoms with van der Waals surface area (Å²) in [5.41, 5.74) is 2.80. The Labute approximate surface area is 157 Å². The van der Waals surface area contributed by atoms with Crippen LogP contribution in [-0.4, -0.2) is 42.3 Å². The SMILES string of the molecule is CN=C(NCc1cccc(COCC(F)(F)F)c1)N(C)Cc1cccn1C.